The molecule has 26 heavy (non-hydrogen) atoms. The Morgan fingerprint density at radius 1 is 1.19 bits per heavy atom. The van der Waals surface area contributed by atoms with E-state index in [4.69, 9.17) is 10.7 Å². The van der Waals surface area contributed by atoms with Crippen LogP contribution in [-0.2, 0) is 11.8 Å². The second kappa shape index (κ2) is 6.08. The Balaban J connectivity index is 1.33. The van der Waals surface area contributed by atoms with Crippen LogP contribution in [-0.4, -0.2) is 21.5 Å². The number of fused-ring (bicyclic) bond motifs is 3. The maximum Gasteiger partial charge on any atom is 0.227 e. The summed E-state index contributed by atoms with van der Waals surface area (Å²) in [6, 6.07) is 6.41. The zero-order valence-corrected chi connectivity index (χ0v) is 15.4. The lowest BCUT2D eigenvalue weighted by atomic mass is 9.65. The van der Waals surface area contributed by atoms with Gasteiger partial charge in [-0.25, -0.2) is 4.98 Å². The molecule has 3 N–H and O–H groups in total. The summed E-state index contributed by atoms with van der Waals surface area (Å²) < 4.78 is 2.20. The number of hydrogen-bond acceptors (Lipinski definition) is 3. The predicted octanol–water partition coefficient (Wildman–Crippen LogP) is 3.54. The van der Waals surface area contributed by atoms with E-state index < -0.39 is 0 Å². The first-order chi connectivity index (χ1) is 12.6. The third-order valence-electron chi connectivity index (χ3n) is 6.91. The molecular weight excluding hydrogens is 324 g/mol. The summed E-state index contributed by atoms with van der Waals surface area (Å²) >= 11 is 0. The number of imidazole rings is 1. The third kappa shape index (κ3) is 2.73. The highest BCUT2D eigenvalue weighted by molar-refractivity contribution is 5.94. The van der Waals surface area contributed by atoms with E-state index >= 15 is 0 Å². The largest absolute Gasteiger partial charge is 0.331 e. The van der Waals surface area contributed by atoms with E-state index in [-0.39, 0.29) is 11.8 Å². The highest BCUT2D eigenvalue weighted by atomic mass is 16.1. The van der Waals surface area contributed by atoms with Gasteiger partial charge in [0, 0.05) is 30.6 Å². The summed E-state index contributed by atoms with van der Waals surface area (Å²) in [5.74, 6) is 3.11. The van der Waals surface area contributed by atoms with E-state index in [1.807, 2.05) is 12.1 Å². The van der Waals surface area contributed by atoms with Crippen LogP contribution in [0.15, 0.2) is 18.2 Å². The van der Waals surface area contributed by atoms with E-state index in [0.29, 0.717) is 23.8 Å². The van der Waals surface area contributed by atoms with Gasteiger partial charge in [0.05, 0.1) is 11.0 Å². The Morgan fingerprint density at radius 2 is 1.92 bits per heavy atom. The molecule has 1 amide bonds. The normalized spacial score (nSPS) is 31.2. The first-order valence-corrected chi connectivity index (χ1v) is 10.1. The van der Waals surface area contributed by atoms with Crippen LogP contribution in [0.1, 0.15) is 56.7 Å². The summed E-state index contributed by atoms with van der Waals surface area (Å²) in [6.45, 7) is 0. The molecule has 5 nitrogen and oxygen atoms in total. The number of aromatic nitrogens is 2. The van der Waals surface area contributed by atoms with Crippen LogP contribution in [0, 0.1) is 17.8 Å². The minimum atomic E-state index is 0.103. The number of nitrogens with one attached hydrogen (secondary N) is 1. The molecule has 5 rings (SSSR count). The number of nitrogens with two attached hydrogens (primary N) is 1. The van der Waals surface area contributed by atoms with Crippen molar-refractivity contribution in [3.8, 4) is 0 Å². The van der Waals surface area contributed by atoms with Crippen LogP contribution in [0.25, 0.3) is 11.0 Å². The first-order valence-electron chi connectivity index (χ1n) is 10.1. The van der Waals surface area contributed by atoms with Crippen molar-refractivity contribution in [3.63, 3.8) is 0 Å². The van der Waals surface area contributed by atoms with Crippen LogP contribution in [0.4, 0.5) is 5.69 Å². The minimum Gasteiger partial charge on any atom is -0.331 e. The van der Waals surface area contributed by atoms with E-state index in [1.54, 1.807) is 0 Å². The molecule has 1 heterocycles. The van der Waals surface area contributed by atoms with E-state index in [1.165, 1.54) is 37.9 Å². The molecule has 2 aromatic rings. The number of rotatable bonds is 3. The van der Waals surface area contributed by atoms with Gasteiger partial charge in [0.1, 0.15) is 5.82 Å². The smallest absolute Gasteiger partial charge is 0.227 e. The number of benzene rings is 1. The highest BCUT2D eigenvalue weighted by Crippen LogP contribution is 2.42. The summed E-state index contributed by atoms with van der Waals surface area (Å²) in [7, 11) is 2.09. The van der Waals surface area contributed by atoms with E-state index in [2.05, 4.69) is 23.0 Å². The van der Waals surface area contributed by atoms with Crippen molar-refractivity contribution in [2.24, 2.45) is 30.5 Å². The lowest BCUT2D eigenvalue weighted by molar-refractivity contribution is -0.122. The Kier molecular flexibility index (Phi) is 3.82. The minimum absolute atomic E-state index is 0.103. The van der Waals surface area contributed by atoms with Crippen LogP contribution in [0.2, 0.25) is 0 Å². The summed E-state index contributed by atoms with van der Waals surface area (Å²) in [4.78, 5) is 17.7. The average Bonchev–Trinajstić information content (AvgIpc) is 3.39. The number of hydrogen-bond donors (Lipinski definition) is 2. The molecule has 3 saturated carbocycles. The molecule has 138 valence electrons. The SMILES string of the molecule is Cn1c(C2CC2)nc2cc(NC(=O)C3CC4CCCC(C3)C4N)ccc21. The second-order valence-corrected chi connectivity index (χ2v) is 8.69. The zero-order chi connectivity index (χ0) is 17.8. The molecular formula is C21H28N4O. The van der Waals surface area contributed by atoms with Crippen molar-refractivity contribution >= 4 is 22.6 Å². The van der Waals surface area contributed by atoms with Gasteiger partial charge < -0.3 is 15.6 Å². The van der Waals surface area contributed by atoms with Crippen molar-refractivity contribution in [1.29, 1.82) is 0 Å². The fourth-order valence-corrected chi connectivity index (χ4v) is 5.25. The average molecular weight is 352 g/mol. The summed E-state index contributed by atoms with van der Waals surface area (Å²) in [6.07, 6.45) is 8.02. The number of amides is 1. The lowest BCUT2D eigenvalue weighted by Crippen LogP contribution is -2.48. The van der Waals surface area contributed by atoms with Crippen LogP contribution >= 0.6 is 0 Å². The number of carbonyl (C=O) groups is 1. The first kappa shape index (κ1) is 16.3. The van der Waals surface area contributed by atoms with Gasteiger partial charge in [0.25, 0.3) is 0 Å². The van der Waals surface area contributed by atoms with Crippen molar-refractivity contribution < 1.29 is 4.79 Å². The number of carbonyl (C=O) groups excluding carboxylic acids is 1. The van der Waals surface area contributed by atoms with Gasteiger partial charge in [0.2, 0.25) is 5.91 Å². The Morgan fingerprint density at radius 3 is 2.62 bits per heavy atom. The Labute approximate surface area is 154 Å². The summed E-state index contributed by atoms with van der Waals surface area (Å²) in [5, 5.41) is 3.15. The fourth-order valence-electron chi connectivity index (χ4n) is 5.25. The van der Waals surface area contributed by atoms with Crippen molar-refractivity contribution in [2.75, 3.05) is 5.32 Å². The van der Waals surface area contributed by atoms with Crippen molar-refractivity contribution in [2.45, 2.75) is 56.9 Å². The molecule has 0 radical (unpaired) electrons. The summed E-state index contributed by atoms with van der Waals surface area (Å²) in [5.41, 5.74) is 9.35. The maximum atomic E-state index is 12.9. The van der Waals surface area contributed by atoms with Gasteiger partial charge in [-0.05, 0) is 68.6 Å². The maximum absolute atomic E-state index is 12.9. The number of anilines is 1. The topological polar surface area (TPSA) is 72.9 Å². The molecule has 2 unspecified atom stereocenters. The predicted molar refractivity (Wildman–Crippen MR) is 103 cm³/mol. The highest BCUT2D eigenvalue weighted by Gasteiger charge is 2.40. The van der Waals surface area contributed by atoms with Crippen molar-refractivity contribution in [3.05, 3.63) is 24.0 Å². The molecule has 0 saturated heterocycles. The molecule has 5 heteroatoms. The molecule has 3 aliphatic rings. The van der Waals surface area contributed by atoms with Gasteiger partial charge in [-0.15, -0.1) is 0 Å². The van der Waals surface area contributed by atoms with Gasteiger partial charge in [-0.1, -0.05) is 6.42 Å². The van der Waals surface area contributed by atoms with Crippen molar-refractivity contribution in [1.82, 2.24) is 9.55 Å². The monoisotopic (exact) mass is 352 g/mol. The second-order valence-electron chi connectivity index (χ2n) is 8.69. The van der Waals surface area contributed by atoms with Crippen LogP contribution in [0.3, 0.4) is 0 Å². The molecule has 2 atom stereocenters. The molecule has 3 aliphatic carbocycles. The third-order valence-corrected chi connectivity index (χ3v) is 6.91. The van der Waals surface area contributed by atoms with Gasteiger partial charge in [-0.2, -0.15) is 0 Å². The number of aryl methyl sites for hydroxylation is 1. The van der Waals surface area contributed by atoms with Crippen LogP contribution in [0.5, 0.6) is 0 Å². The quantitative estimate of drug-likeness (QED) is 0.887. The Bertz CT molecular complexity index is 839. The van der Waals surface area contributed by atoms with Gasteiger partial charge in [-0.3, -0.25) is 4.79 Å². The molecule has 3 fully saturated rings. The standard InChI is InChI=1S/C21H28N4O/c1-25-18-8-7-16(11-17(18)24-20(25)12-5-6-12)23-21(26)15-9-13-3-2-4-14(10-15)19(13)22/h7-8,11-15,19H,2-6,9-10,22H2,1H3,(H,23,26). The molecule has 2 bridgehead atoms. The fraction of sp³-hybridized carbons (Fsp3) is 0.619. The van der Waals surface area contributed by atoms with E-state index in [0.717, 1.165) is 29.6 Å². The van der Waals surface area contributed by atoms with Crippen LogP contribution < -0.4 is 11.1 Å². The molecule has 1 aromatic heterocycles. The van der Waals surface area contributed by atoms with Gasteiger partial charge in [0.15, 0.2) is 0 Å². The molecule has 0 spiro atoms. The van der Waals surface area contributed by atoms with E-state index in [9.17, 15) is 4.79 Å². The molecule has 0 aliphatic heterocycles. The molecule has 1 aromatic carbocycles. The Hall–Kier alpha value is -1.88. The zero-order valence-electron chi connectivity index (χ0n) is 15.4. The number of nitrogens with zero attached hydrogens (tertiary/aromatic N) is 2. The lowest BCUT2D eigenvalue weighted by Gasteiger charge is -2.43. The van der Waals surface area contributed by atoms with Gasteiger partial charge >= 0.3 is 0 Å².